The molecular formula is C55H32N6S2. The highest BCUT2D eigenvalue weighted by molar-refractivity contribution is 7.26. The maximum Gasteiger partial charge on any atom is 0.165 e. The second kappa shape index (κ2) is 14.3. The molecule has 0 N–H and O–H groups in total. The van der Waals surface area contributed by atoms with E-state index >= 15 is 0 Å². The Bertz CT molecular complexity index is 3860. The average Bonchev–Trinajstić information content (AvgIpc) is 4.04. The Hall–Kier alpha value is -7.91. The van der Waals surface area contributed by atoms with Crippen LogP contribution in [0.15, 0.2) is 194 Å². The molecule has 0 aliphatic heterocycles. The molecule has 8 heteroatoms. The second-order valence-corrected chi connectivity index (χ2v) is 17.7. The largest absolute Gasteiger partial charge is 0.309 e. The Kier molecular flexibility index (Phi) is 8.15. The van der Waals surface area contributed by atoms with Crippen molar-refractivity contribution >= 4 is 85.0 Å². The van der Waals surface area contributed by atoms with Gasteiger partial charge in [-0.25, -0.2) is 24.9 Å². The molecule has 8 aromatic carbocycles. The SMILES string of the molecule is c1ccc(-c2nc(-c3ccc(-n4c5ccccc5c5ccccc54)cc3)nc(-c3cccc4c3sc3cccc(-c5nc(-c6ccccc6)c6sc7ccccc7c6n5)c34)n2)cc1. The zero-order chi connectivity index (χ0) is 41.4. The Morgan fingerprint density at radius 2 is 0.857 bits per heavy atom. The van der Waals surface area contributed by atoms with E-state index in [1.807, 2.05) is 24.3 Å². The van der Waals surface area contributed by atoms with Crippen LogP contribution < -0.4 is 0 Å². The lowest BCUT2D eigenvalue weighted by Gasteiger charge is -2.11. The molecule has 0 spiro atoms. The molecule has 5 aromatic heterocycles. The number of nitrogens with zero attached hydrogens (tertiary/aromatic N) is 6. The lowest BCUT2D eigenvalue weighted by atomic mass is 10.0. The van der Waals surface area contributed by atoms with Crippen LogP contribution in [0.3, 0.4) is 0 Å². The molecular weight excluding hydrogens is 809 g/mol. The zero-order valence-electron chi connectivity index (χ0n) is 33.5. The molecule has 0 aliphatic rings. The summed E-state index contributed by atoms with van der Waals surface area (Å²) in [5, 5.41) is 5.84. The van der Waals surface area contributed by atoms with Gasteiger partial charge in [-0.3, -0.25) is 0 Å². The summed E-state index contributed by atoms with van der Waals surface area (Å²) in [5.41, 5.74) is 10.2. The summed E-state index contributed by atoms with van der Waals surface area (Å²) in [6.07, 6.45) is 0. The highest BCUT2D eigenvalue weighted by Gasteiger charge is 2.22. The third kappa shape index (κ3) is 5.80. The smallest absolute Gasteiger partial charge is 0.165 e. The van der Waals surface area contributed by atoms with Crippen LogP contribution in [0.5, 0.6) is 0 Å². The van der Waals surface area contributed by atoms with Crippen LogP contribution >= 0.6 is 22.7 Å². The first kappa shape index (κ1) is 35.8. The summed E-state index contributed by atoms with van der Waals surface area (Å²) in [6.45, 7) is 0. The van der Waals surface area contributed by atoms with Crippen LogP contribution in [-0.2, 0) is 0 Å². The van der Waals surface area contributed by atoms with Crippen LogP contribution in [0, 0.1) is 0 Å². The molecule has 294 valence electrons. The van der Waals surface area contributed by atoms with Crippen molar-refractivity contribution < 1.29 is 0 Å². The first-order chi connectivity index (χ1) is 31.2. The predicted molar refractivity (Wildman–Crippen MR) is 263 cm³/mol. The van der Waals surface area contributed by atoms with E-state index in [0.29, 0.717) is 23.3 Å². The van der Waals surface area contributed by atoms with Gasteiger partial charge < -0.3 is 4.57 Å². The highest BCUT2D eigenvalue weighted by Crippen LogP contribution is 2.45. The normalized spacial score (nSPS) is 11.8. The van der Waals surface area contributed by atoms with Crippen LogP contribution in [0.25, 0.3) is 125 Å². The number of benzene rings is 8. The lowest BCUT2D eigenvalue weighted by molar-refractivity contribution is 1.08. The van der Waals surface area contributed by atoms with Crippen molar-refractivity contribution in [3.63, 3.8) is 0 Å². The molecule has 0 amide bonds. The van der Waals surface area contributed by atoms with Crippen molar-refractivity contribution in [1.82, 2.24) is 29.5 Å². The molecule has 0 atom stereocenters. The zero-order valence-corrected chi connectivity index (χ0v) is 35.1. The topological polar surface area (TPSA) is 69.4 Å². The van der Waals surface area contributed by atoms with Crippen molar-refractivity contribution in [3.8, 4) is 62.5 Å². The number of para-hydroxylation sites is 2. The van der Waals surface area contributed by atoms with E-state index in [-0.39, 0.29) is 0 Å². The predicted octanol–water partition coefficient (Wildman–Crippen LogP) is 14.8. The van der Waals surface area contributed by atoms with Gasteiger partial charge in [-0.1, -0.05) is 140 Å². The molecule has 63 heavy (non-hydrogen) atoms. The standard InChI is InChI=1S/C55H32N6S2/c1-3-15-33(16-4-1)48-51-49(39-21-9-12-27-45(39)62-51)57-54(56-48)41-23-14-28-46-47(41)40-22-13-24-42(50(40)63-46)55-59-52(34-17-5-2-6-18-34)58-53(60-55)35-29-31-36(32-30-35)61-43-25-10-7-19-37(43)38-20-8-11-26-44(38)61/h1-32H. The summed E-state index contributed by atoms with van der Waals surface area (Å²) in [7, 11) is 0. The maximum absolute atomic E-state index is 5.37. The highest BCUT2D eigenvalue weighted by atomic mass is 32.1. The van der Waals surface area contributed by atoms with Crippen molar-refractivity contribution in [1.29, 1.82) is 0 Å². The molecule has 13 rings (SSSR count). The number of hydrogen-bond donors (Lipinski definition) is 0. The minimum atomic E-state index is 0.615. The molecule has 0 radical (unpaired) electrons. The van der Waals surface area contributed by atoms with Crippen molar-refractivity contribution in [3.05, 3.63) is 194 Å². The fourth-order valence-corrected chi connectivity index (χ4v) is 11.4. The molecule has 0 saturated heterocycles. The lowest BCUT2D eigenvalue weighted by Crippen LogP contribution is -2.00. The molecule has 0 fully saturated rings. The van der Waals surface area contributed by atoms with E-state index in [4.69, 9.17) is 24.9 Å². The average molecular weight is 841 g/mol. The van der Waals surface area contributed by atoms with E-state index in [1.165, 1.54) is 26.5 Å². The summed E-state index contributed by atoms with van der Waals surface area (Å²) >= 11 is 3.50. The molecule has 13 aromatic rings. The number of rotatable bonds is 6. The van der Waals surface area contributed by atoms with Crippen LogP contribution in [0.4, 0.5) is 0 Å². The number of fused-ring (bicyclic) bond motifs is 9. The van der Waals surface area contributed by atoms with Crippen molar-refractivity contribution in [2.75, 3.05) is 0 Å². The number of aromatic nitrogens is 6. The van der Waals surface area contributed by atoms with Gasteiger partial charge in [0.15, 0.2) is 23.3 Å². The molecule has 0 bridgehead atoms. The van der Waals surface area contributed by atoms with Gasteiger partial charge in [0.1, 0.15) is 0 Å². The van der Waals surface area contributed by atoms with Gasteiger partial charge in [-0.15, -0.1) is 22.7 Å². The Balaban J connectivity index is 0.978. The van der Waals surface area contributed by atoms with Gasteiger partial charge >= 0.3 is 0 Å². The number of thiophene rings is 2. The van der Waals surface area contributed by atoms with Crippen LogP contribution in [0.1, 0.15) is 0 Å². The first-order valence-corrected chi connectivity index (χ1v) is 22.5. The van der Waals surface area contributed by atoms with Gasteiger partial charge in [0.25, 0.3) is 0 Å². The van der Waals surface area contributed by atoms with E-state index < -0.39 is 0 Å². The Morgan fingerprint density at radius 1 is 0.333 bits per heavy atom. The number of hydrogen-bond acceptors (Lipinski definition) is 7. The Morgan fingerprint density at radius 3 is 1.59 bits per heavy atom. The van der Waals surface area contributed by atoms with Gasteiger partial charge in [-0.2, -0.15) is 0 Å². The van der Waals surface area contributed by atoms with E-state index in [1.54, 1.807) is 22.7 Å². The van der Waals surface area contributed by atoms with Crippen LogP contribution in [-0.4, -0.2) is 29.5 Å². The summed E-state index contributed by atoms with van der Waals surface area (Å²) in [5.74, 6) is 2.57. The summed E-state index contributed by atoms with van der Waals surface area (Å²) in [4.78, 5) is 26.3. The fourth-order valence-electron chi connectivity index (χ4n) is 9.02. The monoisotopic (exact) mass is 840 g/mol. The molecule has 5 heterocycles. The summed E-state index contributed by atoms with van der Waals surface area (Å²) in [6, 6.07) is 67.8. The molecule has 0 saturated carbocycles. The third-order valence-electron chi connectivity index (χ3n) is 11.9. The maximum atomic E-state index is 5.37. The quantitative estimate of drug-likeness (QED) is 0.167. The Labute approximate surface area is 369 Å². The van der Waals surface area contributed by atoms with Gasteiger partial charge in [0.2, 0.25) is 0 Å². The minimum Gasteiger partial charge on any atom is -0.309 e. The minimum absolute atomic E-state index is 0.615. The molecule has 0 unspecified atom stereocenters. The van der Waals surface area contributed by atoms with Gasteiger partial charge in [0, 0.05) is 74.5 Å². The molecule has 0 aliphatic carbocycles. The summed E-state index contributed by atoms with van der Waals surface area (Å²) < 4.78 is 6.87. The van der Waals surface area contributed by atoms with Gasteiger partial charge in [0.05, 0.1) is 26.9 Å². The van der Waals surface area contributed by atoms with E-state index in [2.05, 4.69) is 174 Å². The van der Waals surface area contributed by atoms with Gasteiger partial charge in [-0.05, 0) is 54.6 Å². The van der Waals surface area contributed by atoms with Crippen LogP contribution in [0.2, 0.25) is 0 Å². The first-order valence-electron chi connectivity index (χ1n) is 20.8. The van der Waals surface area contributed by atoms with Crippen molar-refractivity contribution in [2.45, 2.75) is 0 Å². The van der Waals surface area contributed by atoms with E-state index in [9.17, 15) is 0 Å². The molecule has 6 nitrogen and oxygen atoms in total. The second-order valence-electron chi connectivity index (χ2n) is 15.6. The van der Waals surface area contributed by atoms with E-state index in [0.717, 1.165) is 75.0 Å². The van der Waals surface area contributed by atoms with Crippen molar-refractivity contribution in [2.24, 2.45) is 0 Å². The fraction of sp³-hybridized carbons (Fsp3) is 0. The third-order valence-corrected chi connectivity index (χ3v) is 14.3.